The van der Waals surface area contributed by atoms with Crippen molar-refractivity contribution in [3.63, 3.8) is 0 Å². The van der Waals surface area contributed by atoms with Gasteiger partial charge in [0.15, 0.2) is 11.7 Å². The Bertz CT molecular complexity index is 864. The van der Waals surface area contributed by atoms with Gasteiger partial charge in [-0.25, -0.2) is 9.98 Å². The molecule has 0 aliphatic heterocycles. The van der Waals surface area contributed by atoms with Crippen LogP contribution in [0.5, 0.6) is 0 Å². The van der Waals surface area contributed by atoms with Crippen LogP contribution in [-0.4, -0.2) is 18.4 Å². The number of aliphatic imine (C=N–C) groups is 2. The van der Waals surface area contributed by atoms with Crippen LogP contribution in [0, 0.1) is 5.41 Å². The lowest BCUT2D eigenvalue weighted by Gasteiger charge is -2.05. The average Bonchev–Trinajstić information content (AvgIpc) is 2.67. The Balaban J connectivity index is 1.85. The predicted molar refractivity (Wildman–Crippen MR) is 101 cm³/mol. The van der Waals surface area contributed by atoms with Crippen LogP contribution in [0.1, 0.15) is 11.1 Å². The molecule has 0 amide bonds. The zero-order valence-electron chi connectivity index (χ0n) is 13.2. The van der Waals surface area contributed by atoms with Gasteiger partial charge in [0, 0.05) is 11.1 Å². The highest BCUT2D eigenvalue weighted by Gasteiger charge is 2.05. The topological polar surface area (TPSA) is 48.6 Å². The van der Waals surface area contributed by atoms with Crippen molar-refractivity contribution in [2.75, 3.05) is 0 Å². The lowest BCUT2D eigenvalue weighted by molar-refractivity contribution is 1.40. The van der Waals surface area contributed by atoms with Crippen LogP contribution in [0.2, 0.25) is 0 Å². The number of hydrogen-bond acceptors (Lipinski definition) is 1. The largest absolute Gasteiger partial charge is 0.282 e. The summed E-state index contributed by atoms with van der Waals surface area (Å²) < 4.78 is 0. The minimum atomic E-state index is 0.167. The molecule has 0 radical (unpaired) electrons. The van der Waals surface area contributed by atoms with Crippen LogP contribution >= 0.6 is 0 Å². The van der Waals surface area contributed by atoms with Gasteiger partial charge in [-0.15, -0.1) is 0 Å². The van der Waals surface area contributed by atoms with Crippen LogP contribution in [0.3, 0.4) is 0 Å². The Hall–Kier alpha value is -3.33. The summed E-state index contributed by atoms with van der Waals surface area (Å²) in [6.45, 7) is 3.56. The van der Waals surface area contributed by atoms with E-state index in [0.29, 0.717) is 5.84 Å². The number of nitrogens with zero attached hydrogens (tertiary/aromatic N) is 2. The SMILES string of the molecule is C=NC(=NC(=N)c1ccc(-c2ccccc2)cc1)c1ccccc1. The first-order valence-electron chi connectivity index (χ1n) is 7.63. The summed E-state index contributed by atoms with van der Waals surface area (Å²) in [4.78, 5) is 8.26. The minimum Gasteiger partial charge on any atom is -0.282 e. The molecule has 0 spiro atoms. The molecule has 116 valence electrons. The van der Waals surface area contributed by atoms with Crippen molar-refractivity contribution in [3.05, 3.63) is 96.1 Å². The lowest BCUT2D eigenvalue weighted by atomic mass is 10.0. The quantitative estimate of drug-likeness (QED) is 0.532. The maximum absolute atomic E-state index is 8.21. The Morgan fingerprint density at radius 3 is 1.79 bits per heavy atom. The highest BCUT2D eigenvalue weighted by molar-refractivity contribution is 6.11. The van der Waals surface area contributed by atoms with Gasteiger partial charge in [0.1, 0.15) is 0 Å². The summed E-state index contributed by atoms with van der Waals surface area (Å²) in [5.74, 6) is 0.619. The van der Waals surface area contributed by atoms with E-state index in [9.17, 15) is 0 Å². The third kappa shape index (κ3) is 3.52. The molecular weight excluding hydrogens is 294 g/mol. The molecule has 24 heavy (non-hydrogen) atoms. The van der Waals surface area contributed by atoms with E-state index in [2.05, 4.69) is 28.8 Å². The third-order valence-corrected chi connectivity index (χ3v) is 3.66. The standard InChI is InChI=1S/C21H17N3/c1-23-21(19-10-6-3-7-11-19)24-20(22)18-14-12-17(13-15-18)16-8-4-2-5-9-16/h2-15,22H,1H2. The first-order chi connectivity index (χ1) is 11.8. The number of rotatable bonds is 3. The molecule has 0 saturated heterocycles. The van der Waals surface area contributed by atoms with Crippen LogP contribution in [-0.2, 0) is 0 Å². The van der Waals surface area contributed by atoms with E-state index in [0.717, 1.165) is 22.3 Å². The molecule has 1 N–H and O–H groups in total. The van der Waals surface area contributed by atoms with E-state index in [-0.39, 0.29) is 5.84 Å². The normalized spacial score (nSPS) is 11.1. The van der Waals surface area contributed by atoms with E-state index in [1.165, 1.54) is 0 Å². The van der Waals surface area contributed by atoms with Gasteiger partial charge >= 0.3 is 0 Å². The number of benzene rings is 3. The van der Waals surface area contributed by atoms with Crippen molar-refractivity contribution in [3.8, 4) is 11.1 Å². The maximum Gasteiger partial charge on any atom is 0.161 e. The highest BCUT2D eigenvalue weighted by Crippen LogP contribution is 2.19. The molecule has 0 fully saturated rings. The molecule has 3 aromatic rings. The smallest absolute Gasteiger partial charge is 0.161 e. The summed E-state index contributed by atoms with van der Waals surface area (Å²) in [6.07, 6.45) is 0. The Morgan fingerprint density at radius 2 is 1.21 bits per heavy atom. The number of amidine groups is 2. The van der Waals surface area contributed by atoms with Gasteiger partial charge in [-0.3, -0.25) is 5.41 Å². The Kier molecular flexibility index (Phi) is 4.73. The number of hydrogen-bond donors (Lipinski definition) is 1. The van der Waals surface area contributed by atoms with Gasteiger partial charge in [0.2, 0.25) is 0 Å². The average molecular weight is 311 g/mol. The summed E-state index contributed by atoms with van der Waals surface area (Å²) in [7, 11) is 0. The van der Waals surface area contributed by atoms with Gasteiger partial charge in [-0.2, -0.15) is 0 Å². The first kappa shape index (κ1) is 15.6. The number of nitrogens with one attached hydrogen (secondary N) is 1. The minimum absolute atomic E-state index is 0.167. The fourth-order valence-electron chi connectivity index (χ4n) is 2.40. The molecule has 0 aliphatic carbocycles. The van der Waals surface area contributed by atoms with E-state index in [1.807, 2.05) is 72.8 Å². The second kappa shape index (κ2) is 7.29. The first-order valence-corrected chi connectivity index (χ1v) is 7.63. The highest BCUT2D eigenvalue weighted by atomic mass is 14.9. The molecule has 3 aromatic carbocycles. The monoisotopic (exact) mass is 311 g/mol. The van der Waals surface area contributed by atoms with Gasteiger partial charge in [0.05, 0.1) is 0 Å². The molecule has 0 heterocycles. The Morgan fingerprint density at radius 1 is 0.667 bits per heavy atom. The lowest BCUT2D eigenvalue weighted by Crippen LogP contribution is -2.03. The molecule has 3 heteroatoms. The van der Waals surface area contributed by atoms with Crippen molar-refractivity contribution >= 4 is 18.4 Å². The zero-order valence-corrected chi connectivity index (χ0v) is 13.2. The molecule has 0 unspecified atom stereocenters. The van der Waals surface area contributed by atoms with Crippen molar-refractivity contribution in [2.45, 2.75) is 0 Å². The van der Waals surface area contributed by atoms with E-state index >= 15 is 0 Å². The molecule has 0 aliphatic rings. The summed E-state index contributed by atoms with van der Waals surface area (Å²) in [5.41, 5.74) is 3.85. The zero-order chi connectivity index (χ0) is 16.8. The second-order valence-corrected chi connectivity index (χ2v) is 5.25. The van der Waals surface area contributed by atoms with Crippen LogP contribution < -0.4 is 0 Å². The van der Waals surface area contributed by atoms with Gasteiger partial charge < -0.3 is 0 Å². The van der Waals surface area contributed by atoms with Crippen molar-refractivity contribution in [1.29, 1.82) is 5.41 Å². The fourth-order valence-corrected chi connectivity index (χ4v) is 2.40. The fraction of sp³-hybridized carbons (Fsp3) is 0. The van der Waals surface area contributed by atoms with E-state index < -0.39 is 0 Å². The maximum atomic E-state index is 8.21. The van der Waals surface area contributed by atoms with Crippen LogP contribution in [0.15, 0.2) is 94.9 Å². The molecule has 3 nitrogen and oxygen atoms in total. The molecular formula is C21H17N3. The van der Waals surface area contributed by atoms with Crippen molar-refractivity contribution in [1.82, 2.24) is 0 Å². The molecule has 0 bridgehead atoms. The summed E-state index contributed by atoms with van der Waals surface area (Å²) in [6, 6.07) is 27.5. The molecule has 0 atom stereocenters. The van der Waals surface area contributed by atoms with Crippen LogP contribution in [0.4, 0.5) is 0 Å². The molecule has 0 saturated carbocycles. The van der Waals surface area contributed by atoms with Crippen molar-refractivity contribution in [2.24, 2.45) is 9.98 Å². The van der Waals surface area contributed by atoms with E-state index in [1.54, 1.807) is 0 Å². The predicted octanol–water partition coefficient (Wildman–Crippen LogP) is 4.83. The third-order valence-electron chi connectivity index (χ3n) is 3.66. The van der Waals surface area contributed by atoms with Crippen LogP contribution in [0.25, 0.3) is 11.1 Å². The van der Waals surface area contributed by atoms with Gasteiger partial charge in [-0.1, -0.05) is 84.9 Å². The van der Waals surface area contributed by atoms with Gasteiger partial charge in [-0.05, 0) is 17.8 Å². The van der Waals surface area contributed by atoms with Gasteiger partial charge in [0.25, 0.3) is 0 Å². The van der Waals surface area contributed by atoms with E-state index in [4.69, 9.17) is 5.41 Å². The molecule has 3 rings (SSSR count). The molecule has 0 aromatic heterocycles. The van der Waals surface area contributed by atoms with Crippen molar-refractivity contribution < 1.29 is 0 Å². The Labute approximate surface area is 141 Å². The summed E-state index contributed by atoms with van der Waals surface area (Å²) >= 11 is 0. The second-order valence-electron chi connectivity index (χ2n) is 5.25. The summed E-state index contributed by atoms with van der Waals surface area (Å²) in [5, 5.41) is 8.21.